The lowest BCUT2D eigenvalue weighted by Crippen LogP contribution is -2.32. The average Bonchev–Trinajstić information content (AvgIpc) is 2.88. The zero-order valence-electron chi connectivity index (χ0n) is 13.7. The molecule has 2 aliphatic rings. The number of carbonyl (C=O) groups is 3. The first-order valence-electron chi connectivity index (χ1n) is 8.06. The first-order chi connectivity index (χ1) is 11.2. The number of carbonyl (C=O) groups excluding carboxylic acids is 3. The van der Waals surface area contributed by atoms with Crippen molar-refractivity contribution < 1.29 is 19.1 Å². The number of esters is 2. The molecule has 134 valence electrons. The van der Waals surface area contributed by atoms with Crippen molar-refractivity contribution in [3.63, 3.8) is 0 Å². The predicted molar refractivity (Wildman–Crippen MR) is 87.5 cm³/mol. The van der Waals surface area contributed by atoms with Gasteiger partial charge in [-0.25, -0.2) is 0 Å². The van der Waals surface area contributed by atoms with E-state index in [4.69, 9.17) is 16.3 Å². The van der Waals surface area contributed by atoms with Gasteiger partial charge in [0.2, 0.25) is 0 Å². The van der Waals surface area contributed by atoms with Crippen molar-refractivity contribution in [2.45, 2.75) is 25.7 Å². The highest BCUT2D eigenvalue weighted by molar-refractivity contribution is 5.96. The number of nitrogens with two attached hydrogens (primary N) is 2. The molecule has 8 nitrogen and oxygen atoms in total. The number of nitrogens with one attached hydrogen (secondary N) is 2. The second kappa shape index (κ2) is 14.3. The Kier molecular flexibility index (Phi) is 13.4. The average molecular weight is 330 g/mol. The summed E-state index contributed by atoms with van der Waals surface area (Å²) in [6, 6.07) is 0. The Bertz CT molecular complexity index is 311. The fourth-order valence-corrected chi connectivity index (χ4v) is 2.58. The minimum atomic E-state index is -0.292. The van der Waals surface area contributed by atoms with Crippen LogP contribution < -0.4 is 22.1 Å². The van der Waals surface area contributed by atoms with E-state index in [9.17, 15) is 9.59 Å². The fraction of sp³-hybridized carbons (Fsp3) is 0.800. The largest absolute Gasteiger partial charge is 0.393 e. The minimum absolute atomic E-state index is 0.101. The van der Waals surface area contributed by atoms with E-state index in [1.165, 1.54) is 0 Å². The summed E-state index contributed by atoms with van der Waals surface area (Å²) in [5.74, 6) is -0.785. The third-order valence-corrected chi connectivity index (χ3v) is 3.69. The molecule has 0 spiro atoms. The number of fused-ring (bicyclic) bond motifs is 1. The summed E-state index contributed by atoms with van der Waals surface area (Å²) in [4.78, 5) is 30.0. The first kappa shape index (κ1) is 21.6. The van der Waals surface area contributed by atoms with E-state index in [2.05, 4.69) is 15.4 Å². The van der Waals surface area contributed by atoms with Crippen LogP contribution in [0.2, 0.25) is 0 Å². The van der Waals surface area contributed by atoms with Crippen LogP contribution in [0.4, 0.5) is 0 Å². The highest BCUT2D eigenvalue weighted by Crippen LogP contribution is 2.36. The van der Waals surface area contributed by atoms with Gasteiger partial charge in [-0.2, -0.15) is 0 Å². The molecule has 1 heterocycles. The summed E-state index contributed by atoms with van der Waals surface area (Å²) in [5.41, 5.74) is 10.5. The molecule has 2 atom stereocenters. The zero-order valence-corrected chi connectivity index (χ0v) is 13.7. The van der Waals surface area contributed by atoms with E-state index >= 15 is 0 Å². The third-order valence-electron chi connectivity index (χ3n) is 3.69. The summed E-state index contributed by atoms with van der Waals surface area (Å²) < 4.78 is 4.53. The summed E-state index contributed by atoms with van der Waals surface area (Å²) in [5, 5.41) is 6.33. The summed E-state index contributed by atoms with van der Waals surface area (Å²) in [7, 11) is 0. The van der Waals surface area contributed by atoms with Gasteiger partial charge in [-0.3, -0.25) is 9.59 Å². The van der Waals surface area contributed by atoms with Gasteiger partial charge in [0.1, 0.15) is 6.79 Å². The Morgan fingerprint density at radius 1 is 0.870 bits per heavy atom. The minimum Gasteiger partial charge on any atom is -0.393 e. The molecule has 1 saturated carbocycles. The van der Waals surface area contributed by atoms with Crippen LogP contribution in [-0.2, 0) is 19.1 Å². The van der Waals surface area contributed by atoms with E-state index in [1.807, 2.05) is 6.79 Å². The van der Waals surface area contributed by atoms with Crippen molar-refractivity contribution in [1.82, 2.24) is 10.6 Å². The molecule has 0 bridgehead atoms. The topological polar surface area (TPSA) is 137 Å². The molecular weight excluding hydrogens is 300 g/mol. The number of cyclic esters (lactones) is 2. The Labute approximate surface area is 137 Å². The van der Waals surface area contributed by atoms with Crippen LogP contribution in [0.5, 0.6) is 0 Å². The van der Waals surface area contributed by atoms with Gasteiger partial charge in [-0.15, -0.1) is 0 Å². The lowest BCUT2D eigenvalue weighted by molar-refractivity contribution is -0.153. The Morgan fingerprint density at radius 2 is 1.26 bits per heavy atom. The molecule has 0 aromatic carbocycles. The number of hydrogen-bond acceptors (Lipinski definition) is 8. The van der Waals surface area contributed by atoms with Gasteiger partial charge in [-0.1, -0.05) is 12.8 Å². The SMILES string of the molecule is C=O.NCCNCCNCCN.O=C1OC(=O)C2CCCCC12. The highest BCUT2D eigenvalue weighted by Gasteiger charge is 2.44. The van der Waals surface area contributed by atoms with Crippen LogP contribution in [0.3, 0.4) is 0 Å². The summed E-state index contributed by atoms with van der Waals surface area (Å²) >= 11 is 0. The predicted octanol–water partition coefficient (Wildman–Crippen LogP) is -1.23. The molecule has 23 heavy (non-hydrogen) atoms. The second-order valence-corrected chi connectivity index (χ2v) is 5.31. The van der Waals surface area contributed by atoms with Crippen molar-refractivity contribution in [1.29, 1.82) is 0 Å². The van der Waals surface area contributed by atoms with Crippen LogP contribution in [0.15, 0.2) is 0 Å². The normalized spacial score (nSPS) is 22.2. The van der Waals surface area contributed by atoms with Gasteiger partial charge >= 0.3 is 11.9 Å². The van der Waals surface area contributed by atoms with Crippen molar-refractivity contribution in [2.24, 2.45) is 23.3 Å². The number of rotatable bonds is 7. The molecule has 2 unspecified atom stereocenters. The molecular formula is C15H30N4O4. The molecule has 0 aromatic heterocycles. The molecule has 1 aliphatic heterocycles. The Balaban J connectivity index is 0.000000383. The van der Waals surface area contributed by atoms with Crippen LogP contribution in [0.25, 0.3) is 0 Å². The molecule has 8 heteroatoms. The smallest absolute Gasteiger partial charge is 0.317 e. The van der Waals surface area contributed by atoms with Crippen LogP contribution in [0.1, 0.15) is 25.7 Å². The number of ether oxygens (including phenoxy) is 1. The van der Waals surface area contributed by atoms with E-state index in [-0.39, 0.29) is 23.8 Å². The molecule has 2 fully saturated rings. The highest BCUT2D eigenvalue weighted by atomic mass is 16.6. The lowest BCUT2D eigenvalue weighted by atomic mass is 9.81. The van der Waals surface area contributed by atoms with Crippen molar-refractivity contribution in [3.05, 3.63) is 0 Å². The van der Waals surface area contributed by atoms with Gasteiger partial charge in [-0.05, 0) is 12.8 Å². The third kappa shape index (κ3) is 8.75. The van der Waals surface area contributed by atoms with E-state index in [0.717, 1.165) is 51.9 Å². The van der Waals surface area contributed by atoms with Crippen LogP contribution >= 0.6 is 0 Å². The van der Waals surface area contributed by atoms with Crippen molar-refractivity contribution in [3.8, 4) is 0 Å². The monoisotopic (exact) mass is 330 g/mol. The van der Waals surface area contributed by atoms with Gasteiger partial charge in [0.15, 0.2) is 0 Å². The zero-order chi connectivity index (χ0) is 17.5. The molecule has 0 aromatic rings. The standard InChI is InChI=1S/C8H10O3.C6H18N4.CH2O/c9-7-5-3-1-2-4-6(5)8(10)11-7;7-1-3-9-5-6-10-4-2-8;1-2/h5-6H,1-4H2;9-10H,1-8H2;1H2. The van der Waals surface area contributed by atoms with Gasteiger partial charge < -0.3 is 31.6 Å². The summed E-state index contributed by atoms with van der Waals surface area (Å²) in [6.45, 7) is 7.14. The maximum absolute atomic E-state index is 11.0. The van der Waals surface area contributed by atoms with Gasteiger partial charge in [0.05, 0.1) is 11.8 Å². The molecule has 2 rings (SSSR count). The van der Waals surface area contributed by atoms with Crippen molar-refractivity contribution in [2.75, 3.05) is 39.3 Å². The van der Waals surface area contributed by atoms with E-state index in [1.54, 1.807) is 0 Å². The molecule has 1 saturated heterocycles. The van der Waals surface area contributed by atoms with Gasteiger partial charge in [0, 0.05) is 39.3 Å². The molecule has 1 aliphatic carbocycles. The Morgan fingerprint density at radius 3 is 1.61 bits per heavy atom. The van der Waals surface area contributed by atoms with E-state index in [0.29, 0.717) is 13.1 Å². The number of hydrogen-bond donors (Lipinski definition) is 4. The fourth-order valence-electron chi connectivity index (χ4n) is 2.58. The van der Waals surface area contributed by atoms with Crippen LogP contribution in [-0.4, -0.2) is 58.0 Å². The Hall–Kier alpha value is -1.35. The maximum Gasteiger partial charge on any atom is 0.317 e. The molecule has 0 amide bonds. The van der Waals surface area contributed by atoms with E-state index < -0.39 is 0 Å². The second-order valence-electron chi connectivity index (χ2n) is 5.31. The van der Waals surface area contributed by atoms with Gasteiger partial charge in [0.25, 0.3) is 0 Å². The molecule has 0 radical (unpaired) electrons. The van der Waals surface area contributed by atoms with Crippen molar-refractivity contribution >= 4 is 18.7 Å². The lowest BCUT2D eigenvalue weighted by Gasteiger charge is -2.18. The first-order valence-corrected chi connectivity index (χ1v) is 8.06. The summed E-state index contributed by atoms with van der Waals surface area (Å²) in [6.07, 6.45) is 3.80. The maximum atomic E-state index is 11.0. The van der Waals surface area contributed by atoms with Crippen LogP contribution in [0, 0.1) is 11.8 Å². The quantitative estimate of drug-likeness (QED) is 0.259. The molecule has 6 N–H and O–H groups in total.